The zero-order valence-corrected chi connectivity index (χ0v) is 11.4. The quantitative estimate of drug-likeness (QED) is 0.897. The molecule has 0 bridgehead atoms. The molecule has 1 atom stereocenters. The first-order chi connectivity index (χ1) is 9.11. The average Bonchev–Trinajstić information content (AvgIpc) is 2.39. The number of nitrogens with one attached hydrogen (secondary N) is 2. The zero-order chi connectivity index (χ0) is 13.8. The number of hydrogen-bond acceptors (Lipinski definition) is 3. The number of thioether (sulfide) groups is 1. The lowest BCUT2D eigenvalue weighted by molar-refractivity contribution is 0.0937. The van der Waals surface area contributed by atoms with Crippen LogP contribution in [0, 0.1) is 11.6 Å². The lowest BCUT2D eigenvalue weighted by Crippen LogP contribution is -2.38. The van der Waals surface area contributed by atoms with Crippen molar-refractivity contribution in [2.75, 3.05) is 23.9 Å². The van der Waals surface area contributed by atoms with Gasteiger partial charge >= 0.3 is 0 Å². The Morgan fingerprint density at radius 2 is 2.05 bits per heavy atom. The highest BCUT2D eigenvalue weighted by atomic mass is 32.2. The summed E-state index contributed by atoms with van der Waals surface area (Å²) in [6.45, 7) is 0. The van der Waals surface area contributed by atoms with E-state index in [1.54, 1.807) is 11.8 Å². The van der Waals surface area contributed by atoms with Crippen molar-refractivity contribution in [1.82, 2.24) is 5.32 Å². The summed E-state index contributed by atoms with van der Waals surface area (Å²) in [4.78, 5) is 11.9. The van der Waals surface area contributed by atoms with Gasteiger partial charge in [-0.2, -0.15) is 11.8 Å². The van der Waals surface area contributed by atoms with Crippen LogP contribution in [0.1, 0.15) is 23.2 Å². The van der Waals surface area contributed by atoms with Gasteiger partial charge in [0.1, 0.15) is 17.3 Å². The third-order valence-corrected chi connectivity index (χ3v) is 4.27. The highest BCUT2D eigenvalue weighted by Crippen LogP contribution is 2.21. The van der Waals surface area contributed by atoms with Crippen molar-refractivity contribution in [1.29, 1.82) is 0 Å². The van der Waals surface area contributed by atoms with Gasteiger partial charge in [-0.1, -0.05) is 0 Å². The predicted molar refractivity (Wildman–Crippen MR) is 73.7 cm³/mol. The average molecular weight is 286 g/mol. The van der Waals surface area contributed by atoms with Gasteiger partial charge in [-0.3, -0.25) is 4.79 Å². The largest absolute Gasteiger partial charge is 0.383 e. The molecule has 1 unspecified atom stereocenters. The van der Waals surface area contributed by atoms with Crippen molar-refractivity contribution in [2.24, 2.45) is 0 Å². The number of carbonyl (C=O) groups is 1. The summed E-state index contributed by atoms with van der Waals surface area (Å²) in [5, 5.41) is 5.24. The van der Waals surface area contributed by atoms with Gasteiger partial charge in [0.15, 0.2) is 0 Å². The maximum atomic E-state index is 13.6. The summed E-state index contributed by atoms with van der Waals surface area (Å²) in [6.07, 6.45) is 1.97. The lowest BCUT2D eigenvalue weighted by atomic mass is 10.1. The highest BCUT2D eigenvalue weighted by molar-refractivity contribution is 7.99. The van der Waals surface area contributed by atoms with Crippen LogP contribution in [-0.4, -0.2) is 30.5 Å². The second-order valence-corrected chi connectivity index (χ2v) is 5.60. The van der Waals surface area contributed by atoms with Crippen molar-refractivity contribution < 1.29 is 13.6 Å². The normalized spacial score (nSPS) is 19.0. The Hall–Kier alpha value is -1.30. The van der Waals surface area contributed by atoms with Crippen LogP contribution in [0.4, 0.5) is 14.5 Å². The molecule has 2 rings (SSSR count). The van der Waals surface area contributed by atoms with Crippen LogP contribution in [0.25, 0.3) is 0 Å². The van der Waals surface area contributed by atoms with Crippen molar-refractivity contribution >= 4 is 23.4 Å². The van der Waals surface area contributed by atoms with E-state index in [0.717, 1.165) is 36.5 Å². The van der Waals surface area contributed by atoms with Crippen LogP contribution in [0.15, 0.2) is 12.1 Å². The Morgan fingerprint density at radius 3 is 2.58 bits per heavy atom. The third-order valence-electron chi connectivity index (χ3n) is 3.05. The molecule has 0 aromatic heterocycles. The summed E-state index contributed by atoms with van der Waals surface area (Å²) in [5.74, 6) is 0.0157. The zero-order valence-electron chi connectivity index (χ0n) is 10.6. The molecule has 0 saturated carbocycles. The summed E-state index contributed by atoms with van der Waals surface area (Å²) in [5.41, 5.74) is -0.200. The Bertz CT molecular complexity index is 453. The summed E-state index contributed by atoms with van der Waals surface area (Å²) in [6, 6.07) is 2.20. The van der Waals surface area contributed by atoms with E-state index >= 15 is 0 Å². The number of hydrogen-bond donors (Lipinski definition) is 2. The van der Waals surface area contributed by atoms with Gasteiger partial charge in [0.25, 0.3) is 5.91 Å². The molecule has 1 aromatic rings. The summed E-state index contributed by atoms with van der Waals surface area (Å²) >= 11 is 1.78. The molecule has 1 aromatic carbocycles. The standard InChI is InChI=1S/C13H16F2N2OS/c1-16-12-10(14)5-8(6-11(12)15)13(18)17-9-3-2-4-19-7-9/h5-6,9,16H,2-4,7H2,1H3,(H,17,18). The fourth-order valence-corrected chi connectivity index (χ4v) is 3.14. The maximum Gasteiger partial charge on any atom is 0.251 e. The van der Waals surface area contributed by atoms with Gasteiger partial charge < -0.3 is 10.6 Å². The molecule has 0 radical (unpaired) electrons. The number of benzene rings is 1. The van der Waals surface area contributed by atoms with Crippen molar-refractivity contribution in [3.8, 4) is 0 Å². The molecular weight excluding hydrogens is 270 g/mol. The number of halogens is 2. The maximum absolute atomic E-state index is 13.6. The number of amides is 1. The molecule has 1 heterocycles. The molecule has 1 fully saturated rings. The molecule has 1 aliphatic rings. The van der Waals surface area contributed by atoms with E-state index in [-0.39, 0.29) is 17.3 Å². The van der Waals surface area contributed by atoms with Gasteiger partial charge in [0, 0.05) is 24.4 Å². The number of anilines is 1. The fourth-order valence-electron chi connectivity index (χ4n) is 2.07. The molecule has 0 aliphatic carbocycles. The minimum absolute atomic E-state index is 0.0181. The van der Waals surface area contributed by atoms with Crippen LogP contribution >= 0.6 is 11.8 Å². The van der Waals surface area contributed by atoms with Gasteiger partial charge in [-0.15, -0.1) is 0 Å². The van der Waals surface area contributed by atoms with Crippen LogP contribution in [0.2, 0.25) is 0 Å². The van der Waals surface area contributed by atoms with E-state index in [1.165, 1.54) is 7.05 Å². The molecular formula is C13H16F2N2OS. The van der Waals surface area contributed by atoms with E-state index in [0.29, 0.717) is 0 Å². The summed E-state index contributed by atoms with van der Waals surface area (Å²) in [7, 11) is 1.43. The second kappa shape index (κ2) is 6.23. The van der Waals surface area contributed by atoms with E-state index in [1.807, 2.05) is 0 Å². The van der Waals surface area contributed by atoms with E-state index in [4.69, 9.17) is 0 Å². The van der Waals surface area contributed by atoms with Gasteiger partial charge in [-0.25, -0.2) is 8.78 Å². The van der Waals surface area contributed by atoms with Crippen LogP contribution in [-0.2, 0) is 0 Å². The molecule has 2 N–H and O–H groups in total. The Balaban J connectivity index is 2.10. The molecule has 1 aliphatic heterocycles. The number of rotatable bonds is 3. The Kier molecular flexibility index (Phi) is 4.63. The molecule has 0 spiro atoms. The Morgan fingerprint density at radius 1 is 1.37 bits per heavy atom. The fraction of sp³-hybridized carbons (Fsp3) is 0.462. The second-order valence-electron chi connectivity index (χ2n) is 4.45. The highest BCUT2D eigenvalue weighted by Gasteiger charge is 2.19. The predicted octanol–water partition coefficient (Wildman–Crippen LogP) is 2.63. The first kappa shape index (κ1) is 14.1. The SMILES string of the molecule is CNc1c(F)cc(C(=O)NC2CCCSC2)cc1F. The van der Waals surface area contributed by atoms with E-state index in [9.17, 15) is 13.6 Å². The van der Waals surface area contributed by atoms with E-state index < -0.39 is 17.5 Å². The van der Waals surface area contributed by atoms with Crippen molar-refractivity contribution in [3.05, 3.63) is 29.3 Å². The first-order valence-corrected chi connectivity index (χ1v) is 7.32. The molecule has 3 nitrogen and oxygen atoms in total. The van der Waals surface area contributed by atoms with E-state index in [2.05, 4.69) is 10.6 Å². The molecule has 104 valence electrons. The first-order valence-electron chi connectivity index (χ1n) is 6.17. The summed E-state index contributed by atoms with van der Waals surface area (Å²) < 4.78 is 27.1. The topological polar surface area (TPSA) is 41.1 Å². The lowest BCUT2D eigenvalue weighted by Gasteiger charge is -2.22. The van der Waals surface area contributed by atoms with Crippen LogP contribution < -0.4 is 10.6 Å². The van der Waals surface area contributed by atoms with Gasteiger partial charge in [-0.05, 0) is 30.7 Å². The van der Waals surface area contributed by atoms with Crippen molar-refractivity contribution in [2.45, 2.75) is 18.9 Å². The van der Waals surface area contributed by atoms with Crippen molar-refractivity contribution in [3.63, 3.8) is 0 Å². The minimum atomic E-state index is -0.759. The van der Waals surface area contributed by atoms with Crippen LogP contribution in [0.3, 0.4) is 0 Å². The molecule has 19 heavy (non-hydrogen) atoms. The van der Waals surface area contributed by atoms with Gasteiger partial charge in [0.2, 0.25) is 0 Å². The van der Waals surface area contributed by atoms with Crippen LogP contribution in [0.5, 0.6) is 0 Å². The minimum Gasteiger partial charge on any atom is -0.383 e. The third kappa shape index (κ3) is 3.37. The molecule has 1 amide bonds. The Labute approximate surface area is 115 Å². The molecule has 6 heteroatoms. The smallest absolute Gasteiger partial charge is 0.251 e. The number of carbonyl (C=O) groups excluding carboxylic acids is 1. The van der Waals surface area contributed by atoms with Gasteiger partial charge in [0.05, 0.1) is 0 Å². The monoisotopic (exact) mass is 286 g/mol. The molecule has 1 saturated heterocycles.